The lowest BCUT2D eigenvalue weighted by Gasteiger charge is -2.37. The second kappa shape index (κ2) is 9.88. The van der Waals surface area contributed by atoms with Crippen LogP contribution in [0, 0.1) is 12.7 Å². The molecule has 2 aromatic carbocycles. The highest BCUT2D eigenvalue weighted by Crippen LogP contribution is 2.34. The second-order valence-corrected chi connectivity index (χ2v) is 11.5. The molecule has 0 aliphatic carbocycles. The summed E-state index contributed by atoms with van der Waals surface area (Å²) < 4.78 is 22.3. The molecule has 3 aromatic rings. The summed E-state index contributed by atoms with van der Waals surface area (Å²) >= 11 is 3.32. The molecule has 1 fully saturated rings. The quantitative estimate of drug-likeness (QED) is 0.375. The van der Waals surface area contributed by atoms with Gasteiger partial charge < -0.3 is 14.5 Å². The molecule has 192 valence electrons. The number of rotatable bonds is 3. The van der Waals surface area contributed by atoms with Crippen LogP contribution in [0.2, 0.25) is 0 Å². The van der Waals surface area contributed by atoms with E-state index < -0.39 is 11.4 Å². The van der Waals surface area contributed by atoms with Crippen molar-refractivity contribution in [3.63, 3.8) is 0 Å². The Hall–Kier alpha value is -2.87. The van der Waals surface area contributed by atoms with E-state index in [1.54, 1.807) is 21.6 Å². The van der Waals surface area contributed by atoms with Crippen LogP contribution in [0.15, 0.2) is 45.7 Å². The molecule has 0 saturated carbocycles. The van der Waals surface area contributed by atoms with Crippen molar-refractivity contribution in [1.82, 2.24) is 9.47 Å². The number of piperazine rings is 1. The molecule has 0 spiro atoms. The molecular weight excluding hydrogens is 525 g/mol. The lowest BCUT2D eigenvalue weighted by molar-refractivity contribution is 0.0240. The summed E-state index contributed by atoms with van der Waals surface area (Å²) in [7, 11) is 0. The molecule has 0 unspecified atom stereocenters. The fourth-order valence-corrected chi connectivity index (χ4v) is 5.04. The van der Waals surface area contributed by atoms with Crippen LogP contribution in [0.25, 0.3) is 16.6 Å². The van der Waals surface area contributed by atoms with Gasteiger partial charge in [-0.15, -0.1) is 0 Å². The monoisotopic (exact) mass is 557 g/mol. The summed E-state index contributed by atoms with van der Waals surface area (Å²) in [5.74, 6) is -0.193. The van der Waals surface area contributed by atoms with Crippen LogP contribution in [-0.2, 0) is 4.74 Å². The third kappa shape index (κ3) is 5.14. The van der Waals surface area contributed by atoms with Crippen molar-refractivity contribution in [2.45, 2.75) is 53.1 Å². The number of hydrogen-bond acceptors (Lipinski definition) is 4. The SMILES string of the molecule is Cc1cccc(C(C)C)c1-n1c(=O)cc(N2CCN(C(=O)OC(C)(C)C)CC2)c2cc(F)c(Br)cc21. The van der Waals surface area contributed by atoms with Gasteiger partial charge in [-0.1, -0.05) is 32.0 Å². The van der Waals surface area contributed by atoms with Gasteiger partial charge in [0.05, 0.1) is 21.4 Å². The van der Waals surface area contributed by atoms with Crippen molar-refractivity contribution in [3.05, 3.63) is 68.2 Å². The minimum absolute atomic E-state index is 0.179. The maximum atomic E-state index is 14.8. The van der Waals surface area contributed by atoms with Crippen molar-refractivity contribution < 1.29 is 13.9 Å². The van der Waals surface area contributed by atoms with Crippen molar-refractivity contribution in [2.75, 3.05) is 31.1 Å². The third-order valence-electron chi connectivity index (χ3n) is 6.42. The molecule has 6 nitrogen and oxygen atoms in total. The number of carbonyl (C=O) groups is 1. The van der Waals surface area contributed by atoms with E-state index in [9.17, 15) is 14.0 Å². The summed E-state index contributed by atoms with van der Waals surface area (Å²) in [4.78, 5) is 29.9. The summed E-state index contributed by atoms with van der Waals surface area (Å²) in [6.45, 7) is 13.6. The number of aromatic nitrogens is 1. The van der Waals surface area contributed by atoms with Crippen molar-refractivity contribution in [1.29, 1.82) is 0 Å². The van der Waals surface area contributed by atoms with Gasteiger partial charge in [0.25, 0.3) is 5.56 Å². The van der Waals surface area contributed by atoms with Crippen LogP contribution in [-0.4, -0.2) is 47.3 Å². The molecule has 1 saturated heterocycles. The molecule has 1 aliphatic rings. The highest BCUT2D eigenvalue weighted by Gasteiger charge is 2.28. The van der Waals surface area contributed by atoms with Gasteiger partial charge in [-0.05, 0) is 72.8 Å². The van der Waals surface area contributed by atoms with Gasteiger partial charge in [0, 0.05) is 37.6 Å². The smallest absolute Gasteiger partial charge is 0.410 e. The van der Waals surface area contributed by atoms with E-state index in [0.717, 1.165) is 16.8 Å². The minimum atomic E-state index is -0.565. The van der Waals surface area contributed by atoms with E-state index in [1.807, 2.05) is 50.8 Å². The van der Waals surface area contributed by atoms with Crippen molar-refractivity contribution in [2.24, 2.45) is 0 Å². The molecule has 1 aromatic heterocycles. The van der Waals surface area contributed by atoms with E-state index in [2.05, 4.69) is 29.8 Å². The number of pyridine rings is 1. The number of para-hydroxylation sites is 1. The lowest BCUT2D eigenvalue weighted by Crippen LogP contribution is -2.50. The molecule has 1 aliphatic heterocycles. The number of anilines is 1. The number of benzene rings is 2. The van der Waals surface area contributed by atoms with Gasteiger partial charge in [0.15, 0.2) is 0 Å². The fourth-order valence-electron chi connectivity index (χ4n) is 4.71. The zero-order chi connectivity index (χ0) is 26.4. The Labute approximate surface area is 219 Å². The average Bonchev–Trinajstić information content (AvgIpc) is 2.79. The van der Waals surface area contributed by atoms with Crippen LogP contribution in [0.4, 0.5) is 14.9 Å². The maximum Gasteiger partial charge on any atom is 0.410 e. The second-order valence-electron chi connectivity index (χ2n) is 10.6. The van der Waals surface area contributed by atoms with E-state index >= 15 is 0 Å². The van der Waals surface area contributed by atoms with Gasteiger partial charge >= 0.3 is 6.09 Å². The zero-order valence-electron chi connectivity index (χ0n) is 21.7. The number of halogens is 2. The van der Waals surface area contributed by atoms with E-state index in [-0.39, 0.29) is 17.6 Å². The predicted octanol–water partition coefficient (Wildman–Crippen LogP) is 6.38. The molecule has 0 radical (unpaired) electrons. The van der Waals surface area contributed by atoms with Gasteiger partial charge in [-0.3, -0.25) is 9.36 Å². The number of aryl methyl sites for hydroxylation is 1. The topological polar surface area (TPSA) is 54.8 Å². The molecule has 1 amide bonds. The summed E-state index contributed by atoms with van der Waals surface area (Å²) in [5, 5.41) is 0.652. The van der Waals surface area contributed by atoms with Crippen LogP contribution in [0.1, 0.15) is 51.7 Å². The molecule has 0 bridgehead atoms. The number of carbonyl (C=O) groups excluding carboxylic acids is 1. The third-order valence-corrected chi connectivity index (χ3v) is 7.03. The largest absolute Gasteiger partial charge is 0.444 e. The molecule has 8 heteroatoms. The molecule has 0 atom stereocenters. The molecular formula is C28H33BrFN3O3. The Kier molecular flexibility index (Phi) is 7.19. The van der Waals surface area contributed by atoms with Crippen LogP contribution < -0.4 is 10.5 Å². The van der Waals surface area contributed by atoms with Crippen LogP contribution in [0.3, 0.4) is 0 Å². The molecule has 0 N–H and O–H groups in total. The van der Waals surface area contributed by atoms with Crippen LogP contribution >= 0.6 is 15.9 Å². The Morgan fingerprint density at radius 1 is 1.08 bits per heavy atom. The van der Waals surface area contributed by atoms with E-state index in [1.165, 1.54) is 6.07 Å². The first-order valence-corrected chi connectivity index (χ1v) is 13.0. The first-order valence-electron chi connectivity index (χ1n) is 12.2. The maximum absolute atomic E-state index is 14.8. The zero-order valence-corrected chi connectivity index (χ0v) is 23.3. The molecule has 4 rings (SSSR count). The Morgan fingerprint density at radius 3 is 2.36 bits per heavy atom. The number of fused-ring (bicyclic) bond motifs is 1. The van der Waals surface area contributed by atoms with Gasteiger partial charge in [-0.25, -0.2) is 9.18 Å². The number of nitrogens with zero attached hydrogens (tertiary/aromatic N) is 3. The average molecular weight is 558 g/mol. The lowest BCUT2D eigenvalue weighted by atomic mass is 9.97. The highest BCUT2D eigenvalue weighted by atomic mass is 79.9. The summed E-state index contributed by atoms with van der Waals surface area (Å²) in [5.41, 5.74) is 3.42. The van der Waals surface area contributed by atoms with Crippen molar-refractivity contribution in [3.8, 4) is 5.69 Å². The van der Waals surface area contributed by atoms with E-state index in [0.29, 0.717) is 47.2 Å². The van der Waals surface area contributed by atoms with Gasteiger partial charge in [0.1, 0.15) is 11.4 Å². The number of ether oxygens (including phenoxy) is 1. The Bertz CT molecular complexity index is 1370. The number of amides is 1. The predicted molar refractivity (Wildman–Crippen MR) is 146 cm³/mol. The summed E-state index contributed by atoms with van der Waals surface area (Å²) in [6, 6.07) is 10.8. The van der Waals surface area contributed by atoms with Gasteiger partial charge in [-0.2, -0.15) is 0 Å². The molecule has 2 heterocycles. The normalized spacial score (nSPS) is 14.6. The standard InChI is InChI=1S/C28H33BrFN3O3/c1-17(2)19-9-7-8-18(3)26(19)33-24-15-21(29)22(30)14-20(24)23(16-25(33)34)31-10-12-32(13-11-31)27(35)36-28(4,5)6/h7-9,14-17H,10-13H2,1-6H3. The first-order chi connectivity index (χ1) is 16.9. The minimum Gasteiger partial charge on any atom is -0.444 e. The van der Waals surface area contributed by atoms with Crippen molar-refractivity contribution >= 4 is 38.6 Å². The Morgan fingerprint density at radius 2 is 1.75 bits per heavy atom. The summed E-state index contributed by atoms with van der Waals surface area (Å²) in [6.07, 6.45) is -0.349. The van der Waals surface area contributed by atoms with Crippen LogP contribution in [0.5, 0.6) is 0 Å². The van der Waals surface area contributed by atoms with Gasteiger partial charge in [0.2, 0.25) is 0 Å². The fraction of sp³-hybridized carbons (Fsp3) is 0.429. The molecule has 36 heavy (non-hydrogen) atoms. The number of hydrogen-bond donors (Lipinski definition) is 0. The Balaban J connectivity index is 1.81. The first kappa shape index (κ1) is 26.2. The van der Waals surface area contributed by atoms with E-state index in [4.69, 9.17) is 4.74 Å². The highest BCUT2D eigenvalue weighted by molar-refractivity contribution is 9.10.